The van der Waals surface area contributed by atoms with E-state index in [1.54, 1.807) is 11.1 Å². The largest absolute Gasteiger partial charge is 0.287 e. The van der Waals surface area contributed by atoms with Crippen molar-refractivity contribution in [3.8, 4) is 11.4 Å². The quantitative estimate of drug-likeness (QED) is 0.798. The number of rotatable bonds is 2. The second-order valence-corrected chi connectivity index (χ2v) is 6.17. The Morgan fingerprint density at radius 2 is 2.28 bits per heavy atom. The minimum atomic E-state index is 0.124. The summed E-state index contributed by atoms with van der Waals surface area (Å²) in [6.07, 6.45) is 2.28. The number of amides is 1. The molecular formula is C12H10BrN3OS. The van der Waals surface area contributed by atoms with Crippen molar-refractivity contribution in [2.24, 2.45) is 0 Å². The topological polar surface area (TPSA) is 46.1 Å². The van der Waals surface area contributed by atoms with Crippen molar-refractivity contribution in [2.45, 2.75) is 11.2 Å². The average molecular weight is 324 g/mol. The highest BCUT2D eigenvalue weighted by atomic mass is 79.9. The molecule has 1 aliphatic rings. The highest BCUT2D eigenvalue weighted by molar-refractivity contribution is 9.09. The molecular weight excluding hydrogens is 314 g/mol. The van der Waals surface area contributed by atoms with Crippen LogP contribution in [0, 0.1) is 0 Å². The Bertz CT molecular complexity index is 572. The van der Waals surface area contributed by atoms with Gasteiger partial charge in [-0.2, -0.15) is 0 Å². The summed E-state index contributed by atoms with van der Waals surface area (Å²) in [5.41, 5.74) is 1.66. The lowest BCUT2D eigenvalue weighted by Gasteiger charge is -2.10. The number of nitrogens with zero attached hydrogens (tertiary/aromatic N) is 3. The molecule has 0 saturated carbocycles. The van der Waals surface area contributed by atoms with Gasteiger partial charge in [-0.25, -0.2) is 4.98 Å². The number of halogens is 1. The summed E-state index contributed by atoms with van der Waals surface area (Å²) in [4.78, 5) is 22.5. The van der Waals surface area contributed by atoms with Gasteiger partial charge in [0.05, 0.1) is 5.69 Å². The number of carbonyl (C=O) groups excluding carboxylic acids is 1. The van der Waals surface area contributed by atoms with Crippen LogP contribution in [0.3, 0.4) is 0 Å². The number of hydrogen-bond acceptors (Lipinski definition) is 4. The molecule has 1 saturated heterocycles. The molecule has 0 bridgehead atoms. The number of thiazole rings is 1. The molecule has 4 nitrogen and oxygen atoms in total. The summed E-state index contributed by atoms with van der Waals surface area (Å²) in [7, 11) is 0. The summed E-state index contributed by atoms with van der Waals surface area (Å²) in [5, 5.41) is 2.69. The fourth-order valence-corrected chi connectivity index (χ4v) is 3.28. The van der Waals surface area contributed by atoms with Gasteiger partial charge in [-0.05, 0) is 12.1 Å². The Balaban J connectivity index is 1.88. The van der Waals surface area contributed by atoms with Crippen LogP contribution in [0.25, 0.3) is 11.4 Å². The molecule has 1 atom stereocenters. The number of carbonyl (C=O) groups is 1. The van der Waals surface area contributed by atoms with E-state index in [0.29, 0.717) is 13.0 Å². The second-order valence-electron chi connectivity index (χ2n) is 4.04. The molecule has 6 heteroatoms. The van der Waals surface area contributed by atoms with Crippen molar-refractivity contribution in [1.29, 1.82) is 0 Å². The molecule has 1 fully saturated rings. The molecule has 1 amide bonds. The van der Waals surface area contributed by atoms with Crippen LogP contribution in [-0.4, -0.2) is 27.2 Å². The van der Waals surface area contributed by atoms with E-state index in [-0.39, 0.29) is 10.7 Å². The van der Waals surface area contributed by atoms with E-state index in [1.807, 2.05) is 23.6 Å². The molecule has 0 radical (unpaired) electrons. The van der Waals surface area contributed by atoms with Gasteiger partial charge in [-0.1, -0.05) is 22.0 Å². The van der Waals surface area contributed by atoms with Crippen molar-refractivity contribution in [3.63, 3.8) is 0 Å². The molecule has 3 heterocycles. The lowest BCUT2D eigenvalue weighted by Crippen LogP contribution is -2.24. The molecule has 1 unspecified atom stereocenters. The van der Waals surface area contributed by atoms with Crippen molar-refractivity contribution in [2.75, 3.05) is 11.4 Å². The van der Waals surface area contributed by atoms with Crippen LogP contribution in [0.2, 0.25) is 0 Å². The van der Waals surface area contributed by atoms with Crippen LogP contribution >= 0.6 is 27.3 Å². The van der Waals surface area contributed by atoms with Gasteiger partial charge in [0.2, 0.25) is 5.91 Å². The maximum atomic E-state index is 11.8. The predicted molar refractivity (Wildman–Crippen MR) is 75.0 cm³/mol. The smallest absolute Gasteiger partial charge is 0.230 e. The second kappa shape index (κ2) is 4.78. The Kier molecular flexibility index (Phi) is 3.13. The van der Waals surface area contributed by atoms with Gasteiger partial charge in [0.15, 0.2) is 5.13 Å². The maximum Gasteiger partial charge on any atom is 0.230 e. The Morgan fingerprint density at radius 1 is 1.39 bits per heavy atom. The van der Waals surface area contributed by atoms with Crippen LogP contribution in [0.4, 0.5) is 5.13 Å². The van der Waals surface area contributed by atoms with Gasteiger partial charge in [0.25, 0.3) is 0 Å². The summed E-state index contributed by atoms with van der Waals surface area (Å²) in [5.74, 6) is 0.124. The first kappa shape index (κ1) is 11.8. The van der Waals surface area contributed by atoms with Crippen molar-refractivity contribution < 1.29 is 4.79 Å². The molecule has 0 aromatic carbocycles. The zero-order valence-electron chi connectivity index (χ0n) is 9.41. The number of anilines is 1. The summed E-state index contributed by atoms with van der Waals surface area (Å²) in [6.45, 7) is 0.688. The Morgan fingerprint density at radius 3 is 2.94 bits per heavy atom. The first-order chi connectivity index (χ1) is 8.74. The highest BCUT2D eigenvalue weighted by Crippen LogP contribution is 2.30. The monoisotopic (exact) mass is 323 g/mol. The first-order valence-corrected chi connectivity index (χ1v) is 7.35. The van der Waals surface area contributed by atoms with Gasteiger partial charge in [-0.3, -0.25) is 14.7 Å². The fourth-order valence-electron chi connectivity index (χ4n) is 1.87. The minimum absolute atomic E-state index is 0.124. The normalized spacial score (nSPS) is 19.5. The fraction of sp³-hybridized carbons (Fsp3) is 0.250. The maximum absolute atomic E-state index is 11.8. The van der Waals surface area contributed by atoms with E-state index < -0.39 is 0 Å². The number of alkyl halides is 1. The Hall–Kier alpha value is -1.27. The van der Waals surface area contributed by atoms with E-state index in [2.05, 4.69) is 25.9 Å². The summed E-state index contributed by atoms with van der Waals surface area (Å²) >= 11 is 4.95. The van der Waals surface area contributed by atoms with Gasteiger partial charge < -0.3 is 0 Å². The lowest BCUT2D eigenvalue weighted by atomic mass is 10.3. The van der Waals surface area contributed by atoms with Crippen molar-refractivity contribution >= 4 is 38.3 Å². The van der Waals surface area contributed by atoms with Gasteiger partial charge in [0, 0.05) is 29.4 Å². The molecule has 1 aliphatic heterocycles. The standard InChI is InChI=1S/C12H10BrN3OS/c13-8-5-11(17)16(6-8)12-15-10(7-18-12)9-3-1-2-4-14-9/h1-4,7-8H,5-6H2. The highest BCUT2D eigenvalue weighted by Gasteiger charge is 2.30. The van der Waals surface area contributed by atoms with E-state index >= 15 is 0 Å². The molecule has 92 valence electrons. The average Bonchev–Trinajstić information content (AvgIpc) is 2.97. The SMILES string of the molecule is O=C1CC(Br)CN1c1nc(-c2ccccn2)cs1. The molecule has 0 N–H and O–H groups in total. The third kappa shape index (κ3) is 2.18. The number of pyridine rings is 1. The van der Waals surface area contributed by atoms with Gasteiger partial charge >= 0.3 is 0 Å². The van der Waals surface area contributed by atoms with Gasteiger partial charge in [0.1, 0.15) is 5.69 Å². The summed E-state index contributed by atoms with van der Waals surface area (Å²) in [6, 6.07) is 5.71. The van der Waals surface area contributed by atoms with Crippen LogP contribution in [0.1, 0.15) is 6.42 Å². The van der Waals surface area contributed by atoms with Crippen LogP contribution < -0.4 is 4.90 Å². The molecule has 2 aromatic heterocycles. The van der Waals surface area contributed by atoms with Gasteiger partial charge in [-0.15, -0.1) is 11.3 Å². The van der Waals surface area contributed by atoms with Crippen LogP contribution in [-0.2, 0) is 4.79 Å². The Labute approximate surface area is 117 Å². The van der Waals surface area contributed by atoms with Crippen LogP contribution in [0.5, 0.6) is 0 Å². The molecule has 0 aliphatic carbocycles. The lowest BCUT2D eigenvalue weighted by molar-refractivity contribution is -0.117. The zero-order valence-corrected chi connectivity index (χ0v) is 11.8. The number of hydrogen-bond donors (Lipinski definition) is 0. The third-order valence-corrected chi connectivity index (χ3v) is 4.21. The molecule has 3 rings (SSSR count). The number of aromatic nitrogens is 2. The first-order valence-electron chi connectivity index (χ1n) is 5.55. The van der Waals surface area contributed by atoms with Crippen LogP contribution in [0.15, 0.2) is 29.8 Å². The van der Waals surface area contributed by atoms with E-state index in [4.69, 9.17) is 0 Å². The third-order valence-electron chi connectivity index (χ3n) is 2.73. The van der Waals surface area contributed by atoms with E-state index in [9.17, 15) is 4.79 Å². The van der Waals surface area contributed by atoms with E-state index in [1.165, 1.54) is 11.3 Å². The van der Waals surface area contributed by atoms with Crippen molar-refractivity contribution in [1.82, 2.24) is 9.97 Å². The van der Waals surface area contributed by atoms with E-state index in [0.717, 1.165) is 16.5 Å². The minimum Gasteiger partial charge on any atom is -0.287 e. The summed E-state index contributed by atoms with van der Waals surface area (Å²) < 4.78 is 0. The molecule has 18 heavy (non-hydrogen) atoms. The molecule has 0 spiro atoms. The zero-order chi connectivity index (χ0) is 12.5. The predicted octanol–water partition coefficient (Wildman–Crippen LogP) is 2.71. The van der Waals surface area contributed by atoms with Crippen molar-refractivity contribution in [3.05, 3.63) is 29.8 Å². The molecule has 2 aromatic rings.